The fraction of sp³-hybridized carbons (Fsp3) is 0.167. The van der Waals surface area contributed by atoms with Gasteiger partial charge in [0.15, 0.2) is 0 Å². The van der Waals surface area contributed by atoms with Crippen LogP contribution in [0.5, 0.6) is 0 Å². The minimum Gasteiger partial charge on any atom is -0.399 e. The lowest BCUT2D eigenvalue weighted by Gasteiger charge is -2.19. The Morgan fingerprint density at radius 2 is 1.24 bits per heavy atom. The first-order chi connectivity index (χ1) is 13.7. The van der Waals surface area contributed by atoms with Crippen LogP contribution in [0.2, 0.25) is 0 Å². The van der Waals surface area contributed by atoms with Crippen LogP contribution >= 0.6 is 0 Å². The monoisotopic (exact) mass is 387 g/mol. The van der Waals surface area contributed by atoms with Crippen molar-refractivity contribution in [2.75, 3.05) is 16.4 Å². The van der Waals surface area contributed by atoms with Crippen LogP contribution in [-0.2, 0) is 5.41 Å². The molecule has 0 heterocycles. The molecule has 0 aliphatic carbocycles. The first-order valence-corrected chi connectivity index (χ1v) is 9.41. The zero-order valence-electron chi connectivity index (χ0n) is 16.8. The summed E-state index contributed by atoms with van der Waals surface area (Å²) in [6.07, 6.45) is 0. The van der Waals surface area contributed by atoms with E-state index in [9.17, 15) is 9.59 Å². The first kappa shape index (κ1) is 20.1. The molecule has 0 aliphatic heterocycles. The molecule has 0 aliphatic rings. The van der Waals surface area contributed by atoms with Gasteiger partial charge in [-0.1, -0.05) is 39.0 Å². The topological polar surface area (TPSA) is 84.2 Å². The van der Waals surface area contributed by atoms with Crippen molar-refractivity contribution >= 4 is 28.9 Å². The summed E-state index contributed by atoms with van der Waals surface area (Å²) in [5.74, 6) is -0.421. The van der Waals surface area contributed by atoms with Crippen LogP contribution in [-0.4, -0.2) is 11.8 Å². The Balaban J connectivity index is 1.63. The second-order valence-corrected chi connectivity index (χ2v) is 7.94. The van der Waals surface area contributed by atoms with Crippen molar-refractivity contribution in [2.24, 2.45) is 0 Å². The van der Waals surface area contributed by atoms with E-state index in [1.54, 1.807) is 48.5 Å². The number of anilines is 3. The minimum atomic E-state index is -0.243. The Hall–Kier alpha value is -3.60. The number of rotatable bonds is 4. The lowest BCUT2D eigenvalue weighted by molar-refractivity contribution is 0.101. The molecule has 0 unspecified atom stereocenters. The molecule has 148 valence electrons. The average molecular weight is 387 g/mol. The Morgan fingerprint density at radius 1 is 0.724 bits per heavy atom. The standard InChI is InChI=1S/C24H25N3O2/c1-24(2,3)18-9-7-16(8-10-18)22(28)26-20-11-13-21(14-12-20)27-23(29)17-5-4-6-19(25)15-17/h4-15H,25H2,1-3H3,(H,26,28)(H,27,29). The zero-order chi connectivity index (χ0) is 21.0. The highest BCUT2D eigenvalue weighted by Gasteiger charge is 2.14. The average Bonchev–Trinajstić information content (AvgIpc) is 2.69. The predicted molar refractivity (Wildman–Crippen MR) is 118 cm³/mol. The maximum absolute atomic E-state index is 12.5. The number of benzene rings is 3. The summed E-state index contributed by atoms with van der Waals surface area (Å²) in [6.45, 7) is 6.40. The van der Waals surface area contributed by atoms with Gasteiger partial charge in [-0.25, -0.2) is 0 Å². The summed E-state index contributed by atoms with van der Waals surface area (Å²) in [5, 5.41) is 5.68. The molecule has 4 N–H and O–H groups in total. The molecule has 0 fully saturated rings. The number of nitrogens with two attached hydrogens (primary N) is 1. The van der Waals surface area contributed by atoms with E-state index >= 15 is 0 Å². The van der Waals surface area contributed by atoms with Crippen LogP contribution in [0.3, 0.4) is 0 Å². The van der Waals surface area contributed by atoms with Crippen LogP contribution in [0.1, 0.15) is 47.1 Å². The van der Waals surface area contributed by atoms with Crippen molar-refractivity contribution in [3.8, 4) is 0 Å². The molecule has 3 rings (SSSR count). The van der Waals surface area contributed by atoms with E-state index < -0.39 is 0 Å². The molecule has 0 saturated heterocycles. The van der Waals surface area contributed by atoms with Crippen LogP contribution < -0.4 is 16.4 Å². The molecule has 3 aromatic rings. The number of hydrogen-bond acceptors (Lipinski definition) is 3. The number of carbonyl (C=O) groups is 2. The number of carbonyl (C=O) groups excluding carboxylic acids is 2. The van der Waals surface area contributed by atoms with Crippen LogP contribution in [0, 0.1) is 0 Å². The van der Waals surface area contributed by atoms with Gasteiger partial charge in [0.1, 0.15) is 0 Å². The highest BCUT2D eigenvalue weighted by Crippen LogP contribution is 2.22. The molecule has 0 bridgehead atoms. The van der Waals surface area contributed by atoms with E-state index in [1.807, 2.05) is 24.3 Å². The molecular formula is C24H25N3O2. The second-order valence-electron chi connectivity index (χ2n) is 7.94. The summed E-state index contributed by atoms with van der Waals surface area (Å²) in [6, 6.07) is 21.4. The van der Waals surface area contributed by atoms with Gasteiger partial charge in [-0.3, -0.25) is 9.59 Å². The van der Waals surface area contributed by atoms with Gasteiger partial charge in [0.2, 0.25) is 0 Å². The predicted octanol–water partition coefficient (Wildman–Crippen LogP) is 5.07. The van der Waals surface area contributed by atoms with Crippen LogP contribution in [0.4, 0.5) is 17.1 Å². The quantitative estimate of drug-likeness (QED) is 0.546. The molecule has 3 aromatic carbocycles. The van der Waals surface area contributed by atoms with Crippen molar-refractivity contribution < 1.29 is 9.59 Å². The van der Waals surface area contributed by atoms with E-state index in [-0.39, 0.29) is 17.2 Å². The van der Waals surface area contributed by atoms with Crippen molar-refractivity contribution in [3.05, 3.63) is 89.5 Å². The van der Waals surface area contributed by atoms with Crippen LogP contribution in [0.15, 0.2) is 72.8 Å². The molecule has 5 heteroatoms. The fourth-order valence-electron chi connectivity index (χ4n) is 2.84. The maximum atomic E-state index is 12.5. The van der Waals surface area contributed by atoms with Crippen molar-refractivity contribution in [1.82, 2.24) is 0 Å². The van der Waals surface area contributed by atoms with Gasteiger partial charge < -0.3 is 16.4 Å². The summed E-state index contributed by atoms with van der Waals surface area (Å²) in [7, 11) is 0. The van der Waals surface area contributed by atoms with Crippen molar-refractivity contribution in [1.29, 1.82) is 0 Å². The number of nitrogen functional groups attached to an aromatic ring is 1. The van der Waals surface area contributed by atoms with Gasteiger partial charge in [0, 0.05) is 28.2 Å². The molecule has 5 nitrogen and oxygen atoms in total. The lowest BCUT2D eigenvalue weighted by atomic mass is 9.87. The fourth-order valence-corrected chi connectivity index (χ4v) is 2.84. The van der Waals surface area contributed by atoms with E-state index in [0.717, 1.165) is 0 Å². The highest BCUT2D eigenvalue weighted by atomic mass is 16.2. The minimum absolute atomic E-state index is 0.0424. The summed E-state index contributed by atoms with van der Waals surface area (Å²) in [4.78, 5) is 24.7. The molecule has 29 heavy (non-hydrogen) atoms. The number of hydrogen-bond donors (Lipinski definition) is 3. The molecule has 0 radical (unpaired) electrons. The Bertz CT molecular complexity index is 1020. The smallest absolute Gasteiger partial charge is 0.255 e. The zero-order valence-corrected chi connectivity index (χ0v) is 16.8. The van der Waals surface area contributed by atoms with Crippen molar-refractivity contribution in [2.45, 2.75) is 26.2 Å². The SMILES string of the molecule is CC(C)(C)c1ccc(C(=O)Nc2ccc(NC(=O)c3cccc(N)c3)cc2)cc1. The Kier molecular flexibility index (Phi) is 5.69. The molecule has 2 amide bonds. The van der Waals surface area contributed by atoms with E-state index in [4.69, 9.17) is 5.73 Å². The maximum Gasteiger partial charge on any atom is 0.255 e. The molecule has 0 spiro atoms. The van der Waals surface area contributed by atoms with Gasteiger partial charge >= 0.3 is 0 Å². The highest BCUT2D eigenvalue weighted by molar-refractivity contribution is 6.06. The van der Waals surface area contributed by atoms with Gasteiger partial charge in [0.25, 0.3) is 11.8 Å². The molecule has 0 aromatic heterocycles. The first-order valence-electron chi connectivity index (χ1n) is 9.41. The summed E-state index contributed by atoms with van der Waals surface area (Å²) in [5.41, 5.74) is 9.83. The Labute approximate surface area is 170 Å². The third-order valence-corrected chi connectivity index (χ3v) is 4.56. The molecule has 0 saturated carbocycles. The van der Waals surface area contributed by atoms with Crippen molar-refractivity contribution in [3.63, 3.8) is 0 Å². The number of amides is 2. The van der Waals surface area contributed by atoms with E-state index in [2.05, 4.69) is 31.4 Å². The third-order valence-electron chi connectivity index (χ3n) is 4.56. The summed E-state index contributed by atoms with van der Waals surface area (Å²) < 4.78 is 0. The number of nitrogens with one attached hydrogen (secondary N) is 2. The summed E-state index contributed by atoms with van der Waals surface area (Å²) >= 11 is 0. The molecular weight excluding hydrogens is 362 g/mol. The van der Waals surface area contributed by atoms with Gasteiger partial charge in [-0.05, 0) is 65.6 Å². The molecule has 0 atom stereocenters. The normalized spacial score (nSPS) is 11.0. The lowest BCUT2D eigenvalue weighted by Crippen LogP contribution is -2.14. The second kappa shape index (κ2) is 8.19. The van der Waals surface area contributed by atoms with E-state index in [1.165, 1.54) is 5.56 Å². The van der Waals surface area contributed by atoms with E-state index in [0.29, 0.717) is 28.2 Å². The van der Waals surface area contributed by atoms with Gasteiger partial charge in [0.05, 0.1) is 0 Å². The van der Waals surface area contributed by atoms with Gasteiger partial charge in [-0.15, -0.1) is 0 Å². The van der Waals surface area contributed by atoms with Gasteiger partial charge in [-0.2, -0.15) is 0 Å². The Morgan fingerprint density at radius 3 is 1.72 bits per heavy atom. The third kappa shape index (κ3) is 5.23. The van der Waals surface area contributed by atoms with Crippen LogP contribution in [0.25, 0.3) is 0 Å². The largest absolute Gasteiger partial charge is 0.399 e.